The first-order valence-corrected chi connectivity index (χ1v) is 11.7. The molecule has 1 nitrogen and oxygen atoms in total. The number of allylic oxidation sites excluding steroid dienone is 6. The minimum atomic E-state index is 0.566. The average molecular weight is 424 g/mol. The van der Waals surface area contributed by atoms with E-state index in [2.05, 4.69) is 110 Å². The predicted molar refractivity (Wildman–Crippen MR) is 145 cm³/mol. The van der Waals surface area contributed by atoms with Crippen LogP contribution in [0.15, 0.2) is 76.9 Å². The minimum Gasteiger partial charge on any atom is -0.293 e. The van der Waals surface area contributed by atoms with E-state index in [0.717, 1.165) is 17.7 Å². The molecule has 1 heteroatoms. The van der Waals surface area contributed by atoms with Gasteiger partial charge in [0.1, 0.15) is 0 Å². The highest BCUT2D eigenvalue weighted by molar-refractivity contribution is 5.98. The van der Waals surface area contributed by atoms with Gasteiger partial charge < -0.3 is 0 Å². The van der Waals surface area contributed by atoms with Crippen LogP contribution in [-0.4, -0.2) is 12.8 Å². The second-order valence-electron chi connectivity index (χ2n) is 8.59. The molecule has 1 aromatic rings. The first kappa shape index (κ1) is 31.0. The summed E-state index contributed by atoms with van der Waals surface area (Å²) < 4.78 is 0. The van der Waals surface area contributed by atoms with Gasteiger partial charge in [0.15, 0.2) is 0 Å². The maximum Gasteiger partial charge on any atom is 0.0345 e. The molecule has 0 atom stereocenters. The van der Waals surface area contributed by atoms with Crippen LogP contribution in [0.25, 0.3) is 0 Å². The Hall–Kier alpha value is -2.15. The summed E-state index contributed by atoms with van der Waals surface area (Å²) >= 11 is 0. The number of aliphatic imine (C=N–C) groups is 1. The lowest BCUT2D eigenvalue weighted by Gasteiger charge is -2.07. The van der Waals surface area contributed by atoms with Crippen LogP contribution in [0.2, 0.25) is 0 Å². The molecule has 0 heterocycles. The number of aryl methyl sites for hydroxylation is 2. The molecular weight excluding hydrogens is 374 g/mol. The molecule has 0 amide bonds. The first-order valence-electron chi connectivity index (χ1n) is 11.7. The minimum absolute atomic E-state index is 0.566. The van der Waals surface area contributed by atoms with E-state index in [4.69, 9.17) is 0 Å². The smallest absolute Gasteiger partial charge is 0.0345 e. The Morgan fingerprint density at radius 2 is 1.52 bits per heavy atom. The van der Waals surface area contributed by atoms with E-state index in [-0.39, 0.29) is 0 Å². The molecule has 0 spiro atoms. The van der Waals surface area contributed by atoms with Gasteiger partial charge in [-0.15, -0.1) is 6.58 Å². The topological polar surface area (TPSA) is 12.4 Å². The second kappa shape index (κ2) is 18.6. The SMILES string of the molecule is C=C(/C=C/C(C)C)/C(C)=C(/C)C(C)=NC.C=C(C)CCCC.CCc1ccc(C)cc1. The fourth-order valence-corrected chi connectivity index (χ4v) is 2.42. The lowest BCUT2D eigenvalue weighted by atomic mass is 10.00. The van der Waals surface area contributed by atoms with Crippen molar-refractivity contribution in [1.29, 1.82) is 0 Å². The van der Waals surface area contributed by atoms with E-state index in [1.54, 1.807) is 0 Å². The Morgan fingerprint density at radius 3 is 1.87 bits per heavy atom. The summed E-state index contributed by atoms with van der Waals surface area (Å²) in [6.45, 7) is 26.9. The molecule has 0 aliphatic carbocycles. The molecule has 1 aromatic carbocycles. The molecule has 0 aliphatic rings. The Morgan fingerprint density at radius 1 is 0.968 bits per heavy atom. The fourth-order valence-electron chi connectivity index (χ4n) is 2.42. The normalized spacial score (nSPS) is 11.9. The van der Waals surface area contributed by atoms with Gasteiger partial charge in [-0.3, -0.25) is 4.99 Å². The summed E-state index contributed by atoms with van der Waals surface area (Å²) in [6, 6.07) is 8.66. The number of rotatable bonds is 8. The van der Waals surface area contributed by atoms with Gasteiger partial charge in [-0.1, -0.05) is 88.2 Å². The van der Waals surface area contributed by atoms with Crippen molar-refractivity contribution in [3.63, 3.8) is 0 Å². The summed E-state index contributed by atoms with van der Waals surface area (Å²) in [5.74, 6) is 0.566. The van der Waals surface area contributed by atoms with Crippen molar-refractivity contribution in [2.24, 2.45) is 10.9 Å². The van der Waals surface area contributed by atoms with Crippen LogP contribution in [0, 0.1) is 12.8 Å². The van der Waals surface area contributed by atoms with Crippen molar-refractivity contribution in [3.8, 4) is 0 Å². The van der Waals surface area contributed by atoms with Crippen LogP contribution in [-0.2, 0) is 6.42 Å². The molecular formula is C30H49N. The third-order valence-corrected chi connectivity index (χ3v) is 5.09. The molecule has 0 radical (unpaired) electrons. The fraction of sp³-hybridized carbons (Fsp3) is 0.500. The maximum absolute atomic E-state index is 4.18. The first-order chi connectivity index (χ1) is 14.5. The monoisotopic (exact) mass is 423 g/mol. The zero-order valence-corrected chi connectivity index (χ0v) is 22.2. The van der Waals surface area contributed by atoms with Crippen molar-refractivity contribution in [3.05, 3.63) is 83.0 Å². The molecule has 0 N–H and O–H groups in total. The summed E-state index contributed by atoms with van der Waals surface area (Å²) in [5, 5.41) is 0. The molecule has 0 bridgehead atoms. The molecule has 0 saturated carbocycles. The van der Waals surface area contributed by atoms with Gasteiger partial charge in [-0.2, -0.15) is 0 Å². The van der Waals surface area contributed by atoms with Crippen molar-refractivity contribution in [2.75, 3.05) is 7.05 Å². The third kappa shape index (κ3) is 17.2. The summed E-state index contributed by atoms with van der Waals surface area (Å²) in [7, 11) is 1.82. The standard InChI is InChI=1S/C14H23N.C9H12.C7H14/c1-10(2)8-9-11(3)12(4)13(5)14(6)15-7;1-3-9-6-4-8(2)5-7-9;1-4-5-6-7(2)3/h8-10H,3H2,1-2,4-7H3;4-7H,3H2,1-2H3;2,4-6H2,1,3H3/b9-8+,13-12-,15-14?;;. The molecule has 174 valence electrons. The van der Waals surface area contributed by atoms with Crippen LogP contribution in [0.4, 0.5) is 0 Å². The number of nitrogens with zero attached hydrogens (tertiary/aromatic N) is 1. The average Bonchev–Trinajstić information content (AvgIpc) is 2.75. The highest BCUT2D eigenvalue weighted by Crippen LogP contribution is 2.16. The van der Waals surface area contributed by atoms with E-state index in [9.17, 15) is 0 Å². The summed E-state index contributed by atoms with van der Waals surface area (Å²) in [6.07, 6.45) is 9.18. The Labute approximate surface area is 194 Å². The van der Waals surface area contributed by atoms with Crippen molar-refractivity contribution in [2.45, 2.75) is 88.0 Å². The number of hydrogen-bond donors (Lipinski definition) is 0. The summed E-state index contributed by atoms with van der Waals surface area (Å²) in [4.78, 5) is 4.18. The lowest BCUT2D eigenvalue weighted by molar-refractivity contribution is 0.789. The second-order valence-corrected chi connectivity index (χ2v) is 8.59. The third-order valence-electron chi connectivity index (χ3n) is 5.09. The lowest BCUT2D eigenvalue weighted by Crippen LogP contribution is -1.97. The molecule has 0 aliphatic heterocycles. The molecule has 0 unspecified atom stereocenters. The van der Waals surface area contributed by atoms with E-state index >= 15 is 0 Å². The Bertz CT molecular complexity index is 724. The van der Waals surface area contributed by atoms with Gasteiger partial charge >= 0.3 is 0 Å². The Balaban J connectivity index is 0. The quantitative estimate of drug-likeness (QED) is 0.224. The van der Waals surface area contributed by atoms with Crippen LogP contribution >= 0.6 is 0 Å². The van der Waals surface area contributed by atoms with Crippen molar-refractivity contribution >= 4 is 5.71 Å². The number of unbranched alkanes of at least 4 members (excludes halogenated alkanes) is 1. The van der Waals surface area contributed by atoms with Gasteiger partial charge in [0, 0.05) is 12.8 Å². The van der Waals surface area contributed by atoms with Crippen LogP contribution in [0.1, 0.15) is 85.8 Å². The van der Waals surface area contributed by atoms with Crippen molar-refractivity contribution in [1.82, 2.24) is 0 Å². The number of hydrogen-bond acceptors (Lipinski definition) is 1. The Kier molecular flexibility index (Phi) is 18.6. The van der Waals surface area contributed by atoms with Crippen LogP contribution < -0.4 is 0 Å². The molecule has 0 fully saturated rings. The number of benzene rings is 1. The zero-order chi connectivity index (χ0) is 24.4. The highest BCUT2D eigenvalue weighted by atomic mass is 14.7. The molecule has 0 aromatic heterocycles. The molecule has 31 heavy (non-hydrogen) atoms. The summed E-state index contributed by atoms with van der Waals surface area (Å²) in [5.41, 5.74) is 8.65. The van der Waals surface area contributed by atoms with Gasteiger partial charge in [-0.05, 0) is 82.1 Å². The maximum atomic E-state index is 4.18. The van der Waals surface area contributed by atoms with E-state index in [0.29, 0.717) is 5.92 Å². The van der Waals surface area contributed by atoms with Gasteiger partial charge in [-0.25, -0.2) is 0 Å². The van der Waals surface area contributed by atoms with Gasteiger partial charge in [0.2, 0.25) is 0 Å². The zero-order valence-electron chi connectivity index (χ0n) is 22.2. The highest BCUT2D eigenvalue weighted by Gasteiger charge is 2.01. The van der Waals surface area contributed by atoms with E-state index in [1.807, 2.05) is 14.0 Å². The van der Waals surface area contributed by atoms with Crippen molar-refractivity contribution < 1.29 is 0 Å². The van der Waals surface area contributed by atoms with Gasteiger partial charge in [0.25, 0.3) is 0 Å². The van der Waals surface area contributed by atoms with Crippen LogP contribution in [0.5, 0.6) is 0 Å². The predicted octanol–water partition coefficient (Wildman–Crippen LogP) is 9.49. The van der Waals surface area contributed by atoms with E-state index < -0.39 is 0 Å². The van der Waals surface area contributed by atoms with Crippen LogP contribution in [0.3, 0.4) is 0 Å². The molecule has 0 saturated heterocycles. The van der Waals surface area contributed by atoms with E-state index in [1.165, 1.54) is 47.1 Å². The molecule has 1 rings (SSSR count). The largest absolute Gasteiger partial charge is 0.293 e. The van der Waals surface area contributed by atoms with Gasteiger partial charge in [0.05, 0.1) is 0 Å².